The second kappa shape index (κ2) is 6.13. The summed E-state index contributed by atoms with van der Waals surface area (Å²) in [6, 6.07) is 2.13. The summed E-state index contributed by atoms with van der Waals surface area (Å²) in [7, 11) is 0. The van der Waals surface area contributed by atoms with Crippen LogP contribution in [0, 0.1) is 11.3 Å². The smallest absolute Gasteiger partial charge is 0.138 e. The van der Waals surface area contributed by atoms with E-state index in [4.69, 9.17) is 10.5 Å². The molecular formula is C17H28N2O. The molecule has 0 amide bonds. The molecule has 0 bridgehead atoms. The first-order valence-electron chi connectivity index (χ1n) is 7.74. The van der Waals surface area contributed by atoms with Crippen LogP contribution >= 0.6 is 0 Å². The molecule has 1 aliphatic carbocycles. The van der Waals surface area contributed by atoms with Gasteiger partial charge in [-0.2, -0.15) is 0 Å². The van der Waals surface area contributed by atoms with Crippen molar-refractivity contribution in [3.8, 4) is 5.75 Å². The molecule has 1 atom stereocenters. The molecule has 1 heterocycles. The number of hydrogen-bond acceptors (Lipinski definition) is 3. The number of nitrogens with two attached hydrogens (primary N) is 1. The van der Waals surface area contributed by atoms with Crippen molar-refractivity contribution in [3.63, 3.8) is 0 Å². The molecule has 2 N–H and O–H groups in total. The fraction of sp³-hybridized carbons (Fsp3) is 0.706. The van der Waals surface area contributed by atoms with Gasteiger partial charge in [0.05, 0.1) is 12.3 Å². The number of pyridine rings is 1. The molecule has 0 saturated heterocycles. The number of hydrogen-bond donors (Lipinski definition) is 1. The molecule has 112 valence electrons. The minimum atomic E-state index is 0.0781. The summed E-state index contributed by atoms with van der Waals surface area (Å²) >= 11 is 0. The van der Waals surface area contributed by atoms with Crippen molar-refractivity contribution in [3.05, 3.63) is 24.0 Å². The number of rotatable bonds is 4. The molecule has 1 saturated carbocycles. The third-order valence-corrected chi connectivity index (χ3v) is 4.38. The molecule has 1 fully saturated rings. The van der Waals surface area contributed by atoms with E-state index >= 15 is 0 Å². The first-order chi connectivity index (χ1) is 9.37. The number of aromatic nitrogens is 1. The van der Waals surface area contributed by atoms with Crippen LogP contribution < -0.4 is 10.5 Å². The Bertz CT molecular complexity index is 432. The molecule has 0 radical (unpaired) electrons. The molecule has 1 unspecified atom stereocenters. The van der Waals surface area contributed by atoms with Crippen molar-refractivity contribution in [2.24, 2.45) is 17.1 Å². The van der Waals surface area contributed by atoms with Gasteiger partial charge in [0.15, 0.2) is 0 Å². The highest BCUT2D eigenvalue weighted by Crippen LogP contribution is 2.42. The quantitative estimate of drug-likeness (QED) is 0.901. The van der Waals surface area contributed by atoms with Crippen molar-refractivity contribution in [1.82, 2.24) is 4.98 Å². The summed E-state index contributed by atoms with van der Waals surface area (Å²) in [6.45, 7) is 8.76. The Morgan fingerprint density at radius 2 is 1.90 bits per heavy atom. The van der Waals surface area contributed by atoms with Crippen LogP contribution in [0.3, 0.4) is 0 Å². The predicted molar refractivity (Wildman–Crippen MR) is 82.7 cm³/mol. The fourth-order valence-corrected chi connectivity index (χ4v) is 3.01. The lowest BCUT2D eigenvalue weighted by Gasteiger charge is -2.36. The van der Waals surface area contributed by atoms with Gasteiger partial charge in [-0.1, -0.05) is 13.8 Å². The molecular weight excluding hydrogens is 248 g/mol. The highest BCUT2D eigenvalue weighted by molar-refractivity contribution is 5.26. The van der Waals surface area contributed by atoms with E-state index in [1.54, 1.807) is 6.20 Å². The highest BCUT2D eigenvalue weighted by Gasteiger charge is 2.30. The van der Waals surface area contributed by atoms with Gasteiger partial charge in [0.2, 0.25) is 0 Å². The van der Waals surface area contributed by atoms with Crippen LogP contribution in [0.25, 0.3) is 0 Å². The molecule has 0 aliphatic heterocycles. The van der Waals surface area contributed by atoms with Crippen LogP contribution in [0.1, 0.15) is 65.0 Å². The molecule has 0 aromatic carbocycles. The maximum absolute atomic E-state index is 6.46. The molecule has 2 rings (SSSR count). The van der Waals surface area contributed by atoms with Gasteiger partial charge < -0.3 is 10.5 Å². The minimum Gasteiger partial charge on any atom is -0.489 e. The van der Waals surface area contributed by atoms with E-state index in [0.717, 1.165) is 11.3 Å². The highest BCUT2D eigenvalue weighted by atomic mass is 16.5. The predicted octanol–water partition coefficient (Wildman–Crippen LogP) is 4.09. The van der Waals surface area contributed by atoms with Crippen molar-refractivity contribution in [1.29, 1.82) is 0 Å². The Hall–Kier alpha value is -1.09. The van der Waals surface area contributed by atoms with Crippen molar-refractivity contribution < 1.29 is 4.74 Å². The van der Waals surface area contributed by atoms with Crippen LogP contribution in [0.5, 0.6) is 5.75 Å². The van der Waals surface area contributed by atoms with E-state index in [9.17, 15) is 0 Å². The first-order valence-corrected chi connectivity index (χ1v) is 7.74. The monoisotopic (exact) mass is 276 g/mol. The van der Waals surface area contributed by atoms with Gasteiger partial charge in [0.25, 0.3) is 0 Å². The van der Waals surface area contributed by atoms with Gasteiger partial charge in [0.1, 0.15) is 5.75 Å². The van der Waals surface area contributed by atoms with Crippen molar-refractivity contribution in [2.45, 2.75) is 65.5 Å². The van der Waals surface area contributed by atoms with Gasteiger partial charge in [0, 0.05) is 12.2 Å². The Morgan fingerprint density at radius 3 is 2.50 bits per heavy atom. The lowest BCUT2D eigenvalue weighted by atomic mass is 9.70. The van der Waals surface area contributed by atoms with Crippen LogP contribution in [-0.2, 0) is 0 Å². The topological polar surface area (TPSA) is 48.1 Å². The standard InChI is InChI=1S/C17H28N2O/c1-12(2)20-15-9-14(10-19-11-15)16(18)13-5-7-17(3,4)8-6-13/h9-13,16H,5-8,18H2,1-4H3. The molecule has 0 spiro atoms. The van der Waals surface area contributed by atoms with Gasteiger partial charge in [-0.25, -0.2) is 0 Å². The van der Waals surface area contributed by atoms with Crippen molar-refractivity contribution >= 4 is 0 Å². The van der Waals surface area contributed by atoms with E-state index in [0.29, 0.717) is 11.3 Å². The van der Waals surface area contributed by atoms with Crippen molar-refractivity contribution in [2.75, 3.05) is 0 Å². The normalized spacial score (nSPS) is 20.9. The second-order valence-electron chi connectivity index (χ2n) is 7.15. The summed E-state index contributed by atoms with van der Waals surface area (Å²) in [5.74, 6) is 1.39. The van der Waals surface area contributed by atoms with Crippen LogP contribution in [-0.4, -0.2) is 11.1 Å². The molecule has 1 aliphatic rings. The Kier molecular flexibility index (Phi) is 4.69. The molecule has 3 heteroatoms. The van der Waals surface area contributed by atoms with Crippen LogP contribution in [0.2, 0.25) is 0 Å². The average molecular weight is 276 g/mol. The summed E-state index contributed by atoms with van der Waals surface area (Å²) in [4.78, 5) is 4.28. The van der Waals surface area contributed by atoms with E-state index in [-0.39, 0.29) is 12.1 Å². The Labute approximate surface area is 122 Å². The molecule has 1 aromatic heterocycles. The molecule has 1 aromatic rings. The maximum atomic E-state index is 6.46. The van der Waals surface area contributed by atoms with E-state index < -0.39 is 0 Å². The van der Waals surface area contributed by atoms with E-state index in [1.807, 2.05) is 20.0 Å². The largest absolute Gasteiger partial charge is 0.489 e. The summed E-state index contributed by atoms with van der Waals surface area (Å²) in [5.41, 5.74) is 8.05. The lowest BCUT2D eigenvalue weighted by molar-refractivity contribution is 0.173. The van der Waals surface area contributed by atoms with Gasteiger partial charge in [-0.3, -0.25) is 4.98 Å². The third-order valence-electron chi connectivity index (χ3n) is 4.38. The van der Waals surface area contributed by atoms with Gasteiger partial charge in [-0.15, -0.1) is 0 Å². The number of nitrogens with zero attached hydrogens (tertiary/aromatic N) is 1. The maximum Gasteiger partial charge on any atom is 0.138 e. The second-order valence-corrected chi connectivity index (χ2v) is 7.15. The van der Waals surface area contributed by atoms with Gasteiger partial charge in [-0.05, 0) is 62.5 Å². The minimum absolute atomic E-state index is 0.0781. The first kappa shape index (κ1) is 15.3. The Morgan fingerprint density at radius 1 is 1.25 bits per heavy atom. The zero-order valence-corrected chi connectivity index (χ0v) is 13.2. The lowest BCUT2D eigenvalue weighted by Crippen LogP contribution is -2.29. The zero-order chi connectivity index (χ0) is 14.8. The zero-order valence-electron chi connectivity index (χ0n) is 13.2. The molecule has 20 heavy (non-hydrogen) atoms. The number of ether oxygens (including phenoxy) is 1. The van der Waals surface area contributed by atoms with Crippen LogP contribution in [0.15, 0.2) is 18.5 Å². The van der Waals surface area contributed by atoms with E-state index in [2.05, 4.69) is 24.9 Å². The van der Waals surface area contributed by atoms with Gasteiger partial charge >= 0.3 is 0 Å². The van der Waals surface area contributed by atoms with Crippen LogP contribution in [0.4, 0.5) is 0 Å². The van der Waals surface area contributed by atoms with E-state index in [1.165, 1.54) is 25.7 Å². The third kappa shape index (κ3) is 3.95. The fourth-order valence-electron chi connectivity index (χ4n) is 3.01. The average Bonchev–Trinajstić information content (AvgIpc) is 2.37. The summed E-state index contributed by atoms with van der Waals surface area (Å²) < 4.78 is 5.71. The Balaban J connectivity index is 2.04. The molecule has 3 nitrogen and oxygen atoms in total. The summed E-state index contributed by atoms with van der Waals surface area (Å²) in [5, 5.41) is 0. The summed E-state index contributed by atoms with van der Waals surface area (Å²) in [6.07, 6.45) is 8.77. The SMILES string of the molecule is CC(C)Oc1cncc(C(N)C2CCC(C)(C)CC2)c1.